The molecule has 12 heteroatoms. The van der Waals surface area contributed by atoms with Gasteiger partial charge >= 0.3 is 12.1 Å². The first-order chi connectivity index (χ1) is 15.2. The van der Waals surface area contributed by atoms with Gasteiger partial charge in [0.15, 0.2) is 11.7 Å². The molecule has 0 spiro atoms. The Morgan fingerprint density at radius 2 is 1.88 bits per heavy atom. The van der Waals surface area contributed by atoms with Gasteiger partial charge in [0.05, 0.1) is 0 Å². The molecular formula is C21H36N6O6. The van der Waals surface area contributed by atoms with Gasteiger partial charge in [-0.2, -0.15) is 0 Å². The average molecular weight is 469 g/mol. The SMILES string of the molecule is CCC(C)[C@H](NC(=O)OC(C)(C)C)c1nc(C(=O)N[C@@H](CCCN=C(N)N)C(=O)O)c(C)o1. The van der Waals surface area contributed by atoms with Crippen molar-refractivity contribution >= 4 is 23.9 Å². The third-order valence-corrected chi connectivity index (χ3v) is 4.73. The monoisotopic (exact) mass is 468 g/mol. The lowest BCUT2D eigenvalue weighted by atomic mass is 9.99. The maximum absolute atomic E-state index is 12.7. The van der Waals surface area contributed by atoms with Crippen molar-refractivity contribution in [3.63, 3.8) is 0 Å². The molecule has 0 saturated heterocycles. The summed E-state index contributed by atoms with van der Waals surface area (Å²) in [4.78, 5) is 44.6. The van der Waals surface area contributed by atoms with Gasteiger partial charge in [0, 0.05) is 6.54 Å². The van der Waals surface area contributed by atoms with E-state index in [1.54, 1.807) is 27.7 Å². The number of nitrogens with two attached hydrogens (primary N) is 2. The Morgan fingerprint density at radius 3 is 2.39 bits per heavy atom. The number of nitrogens with one attached hydrogen (secondary N) is 2. The second-order valence-electron chi connectivity index (χ2n) is 8.78. The number of amides is 2. The van der Waals surface area contributed by atoms with Crippen LogP contribution in [0.1, 0.15) is 82.1 Å². The van der Waals surface area contributed by atoms with Gasteiger partial charge in [-0.05, 0) is 46.5 Å². The molecule has 1 aromatic heterocycles. The number of ether oxygens (including phenoxy) is 1. The van der Waals surface area contributed by atoms with Gasteiger partial charge in [0.25, 0.3) is 5.91 Å². The van der Waals surface area contributed by atoms with Crippen LogP contribution in [0.4, 0.5) is 4.79 Å². The van der Waals surface area contributed by atoms with Gasteiger partial charge in [0.2, 0.25) is 5.89 Å². The molecule has 0 aliphatic rings. The fraction of sp³-hybridized carbons (Fsp3) is 0.667. The van der Waals surface area contributed by atoms with Crippen molar-refractivity contribution in [2.75, 3.05) is 6.54 Å². The summed E-state index contributed by atoms with van der Waals surface area (Å²) < 4.78 is 11.0. The molecule has 1 aromatic rings. The largest absolute Gasteiger partial charge is 0.480 e. The van der Waals surface area contributed by atoms with E-state index >= 15 is 0 Å². The van der Waals surface area contributed by atoms with E-state index in [1.807, 2.05) is 13.8 Å². The predicted octanol–water partition coefficient (Wildman–Crippen LogP) is 1.83. The van der Waals surface area contributed by atoms with Crippen molar-refractivity contribution in [3.05, 3.63) is 17.3 Å². The zero-order chi connectivity index (χ0) is 25.3. The van der Waals surface area contributed by atoms with E-state index < -0.39 is 35.7 Å². The summed E-state index contributed by atoms with van der Waals surface area (Å²) in [6, 6.07) is -1.79. The molecule has 12 nitrogen and oxygen atoms in total. The van der Waals surface area contributed by atoms with Crippen LogP contribution in [0.3, 0.4) is 0 Å². The van der Waals surface area contributed by atoms with Crippen LogP contribution in [0.15, 0.2) is 9.41 Å². The number of carbonyl (C=O) groups excluding carboxylic acids is 2. The molecule has 0 aliphatic carbocycles. The molecule has 1 unspecified atom stereocenters. The third-order valence-electron chi connectivity index (χ3n) is 4.73. The van der Waals surface area contributed by atoms with E-state index in [0.29, 0.717) is 12.8 Å². The molecule has 33 heavy (non-hydrogen) atoms. The molecular weight excluding hydrogens is 432 g/mol. The fourth-order valence-corrected chi connectivity index (χ4v) is 2.87. The van der Waals surface area contributed by atoms with Crippen molar-refractivity contribution in [1.82, 2.24) is 15.6 Å². The van der Waals surface area contributed by atoms with Crippen LogP contribution in [0.25, 0.3) is 0 Å². The fourth-order valence-electron chi connectivity index (χ4n) is 2.87. The average Bonchev–Trinajstić information content (AvgIpc) is 3.07. The van der Waals surface area contributed by atoms with Crippen molar-refractivity contribution in [2.45, 2.75) is 78.5 Å². The number of aromatic nitrogens is 1. The Balaban J connectivity index is 3.00. The van der Waals surface area contributed by atoms with Crippen LogP contribution in [-0.4, -0.2) is 52.2 Å². The van der Waals surface area contributed by atoms with E-state index in [2.05, 4.69) is 20.6 Å². The summed E-state index contributed by atoms with van der Waals surface area (Å²) in [5.41, 5.74) is 9.76. The van der Waals surface area contributed by atoms with Crippen LogP contribution in [0, 0.1) is 12.8 Å². The molecule has 0 aliphatic heterocycles. The van der Waals surface area contributed by atoms with Gasteiger partial charge in [-0.1, -0.05) is 20.3 Å². The number of rotatable bonds is 11. The number of nitrogens with zero attached hydrogens (tertiary/aromatic N) is 2. The quantitative estimate of drug-likeness (QED) is 0.183. The summed E-state index contributed by atoms with van der Waals surface area (Å²) in [6.07, 6.45) is 0.535. The molecule has 3 atom stereocenters. The van der Waals surface area contributed by atoms with E-state index in [-0.39, 0.29) is 42.2 Å². The minimum Gasteiger partial charge on any atom is -0.480 e. The lowest BCUT2D eigenvalue weighted by Crippen LogP contribution is -2.41. The standard InChI is InChI=1S/C21H36N6O6/c1-7-11(2)14(27-20(31)33-21(4,5)6)17-26-15(12(3)32-17)16(28)25-13(18(29)30)9-8-10-24-19(22)23/h11,13-14H,7-10H2,1-6H3,(H,25,28)(H,27,31)(H,29,30)(H4,22,23,24)/t11?,13-,14-/m0/s1. The summed E-state index contributed by atoms with van der Waals surface area (Å²) in [5.74, 6) is -1.72. The highest BCUT2D eigenvalue weighted by molar-refractivity contribution is 5.95. The first-order valence-electron chi connectivity index (χ1n) is 10.8. The number of oxazole rings is 1. The number of hydrogen-bond acceptors (Lipinski definition) is 7. The summed E-state index contributed by atoms with van der Waals surface area (Å²) in [7, 11) is 0. The van der Waals surface area contributed by atoms with Crippen LogP contribution in [-0.2, 0) is 9.53 Å². The molecule has 1 heterocycles. The summed E-state index contributed by atoms with van der Waals surface area (Å²) >= 11 is 0. The van der Waals surface area contributed by atoms with Crippen LogP contribution in [0.2, 0.25) is 0 Å². The Bertz CT molecular complexity index is 856. The Hall–Kier alpha value is -3.31. The summed E-state index contributed by atoms with van der Waals surface area (Å²) in [5, 5.41) is 14.6. The lowest BCUT2D eigenvalue weighted by molar-refractivity contribution is -0.139. The Morgan fingerprint density at radius 1 is 1.24 bits per heavy atom. The highest BCUT2D eigenvalue weighted by Crippen LogP contribution is 2.26. The smallest absolute Gasteiger partial charge is 0.408 e. The van der Waals surface area contributed by atoms with Crippen molar-refractivity contribution < 1.29 is 28.6 Å². The van der Waals surface area contributed by atoms with Gasteiger partial charge in [-0.3, -0.25) is 9.79 Å². The summed E-state index contributed by atoms with van der Waals surface area (Å²) in [6.45, 7) is 10.9. The zero-order valence-corrected chi connectivity index (χ0v) is 20.1. The maximum atomic E-state index is 12.7. The lowest BCUT2D eigenvalue weighted by Gasteiger charge is -2.25. The van der Waals surface area contributed by atoms with Crippen molar-refractivity contribution in [3.8, 4) is 0 Å². The Kier molecular flexibility index (Phi) is 10.1. The van der Waals surface area contributed by atoms with Crippen molar-refractivity contribution in [2.24, 2.45) is 22.4 Å². The number of guanidine groups is 1. The number of aryl methyl sites for hydroxylation is 1. The topological polar surface area (TPSA) is 195 Å². The van der Waals surface area contributed by atoms with Crippen LogP contribution >= 0.6 is 0 Å². The second kappa shape index (κ2) is 12.1. The highest BCUT2D eigenvalue weighted by Gasteiger charge is 2.31. The highest BCUT2D eigenvalue weighted by atomic mass is 16.6. The van der Waals surface area contributed by atoms with Gasteiger partial charge in [-0.15, -0.1) is 0 Å². The van der Waals surface area contributed by atoms with E-state index in [9.17, 15) is 19.5 Å². The van der Waals surface area contributed by atoms with E-state index in [1.165, 1.54) is 0 Å². The Labute approximate surface area is 193 Å². The first-order valence-corrected chi connectivity index (χ1v) is 10.8. The van der Waals surface area contributed by atoms with E-state index in [4.69, 9.17) is 20.6 Å². The van der Waals surface area contributed by atoms with E-state index in [0.717, 1.165) is 0 Å². The number of carboxylic acid groups (broad SMARTS) is 1. The number of carboxylic acids is 1. The number of aliphatic carboxylic acids is 1. The molecule has 0 aromatic carbocycles. The van der Waals surface area contributed by atoms with Gasteiger partial charge < -0.3 is 36.4 Å². The minimum atomic E-state index is -1.20. The molecule has 0 radical (unpaired) electrons. The van der Waals surface area contributed by atoms with Gasteiger partial charge in [0.1, 0.15) is 23.4 Å². The van der Waals surface area contributed by atoms with Crippen molar-refractivity contribution in [1.29, 1.82) is 0 Å². The molecule has 7 N–H and O–H groups in total. The molecule has 0 bridgehead atoms. The van der Waals surface area contributed by atoms with Crippen LogP contribution < -0.4 is 22.1 Å². The second-order valence-corrected chi connectivity index (χ2v) is 8.78. The maximum Gasteiger partial charge on any atom is 0.408 e. The molecule has 1 rings (SSSR count). The van der Waals surface area contributed by atoms with Crippen LogP contribution in [0.5, 0.6) is 0 Å². The third kappa shape index (κ3) is 9.38. The molecule has 2 amide bonds. The number of carbonyl (C=O) groups is 3. The predicted molar refractivity (Wildman–Crippen MR) is 122 cm³/mol. The molecule has 0 saturated carbocycles. The zero-order valence-electron chi connectivity index (χ0n) is 20.1. The molecule has 0 fully saturated rings. The van der Waals surface area contributed by atoms with Gasteiger partial charge in [-0.25, -0.2) is 14.6 Å². The normalized spacial score (nSPS) is 14.0. The number of hydrogen-bond donors (Lipinski definition) is 5. The first kappa shape index (κ1) is 27.7. The molecule has 186 valence electrons. The number of aliphatic imine (C=N–C) groups is 1. The minimum absolute atomic E-state index is 0.0558. The number of alkyl carbamates (subject to hydrolysis) is 1.